The van der Waals surface area contributed by atoms with Crippen LogP contribution in [0.4, 0.5) is 17.2 Å². The molecule has 3 aromatic rings. The predicted molar refractivity (Wildman–Crippen MR) is 103 cm³/mol. The molecule has 0 radical (unpaired) electrons. The van der Waals surface area contributed by atoms with Crippen molar-refractivity contribution in [2.45, 2.75) is 13.8 Å². The normalized spacial score (nSPS) is 10.4. The summed E-state index contributed by atoms with van der Waals surface area (Å²) in [5, 5.41) is 6.58. The molecule has 2 N–H and O–H groups in total. The molecule has 1 aromatic heterocycles. The van der Waals surface area contributed by atoms with Crippen molar-refractivity contribution in [1.82, 2.24) is 4.98 Å². The Morgan fingerprint density at radius 2 is 1.76 bits per heavy atom. The van der Waals surface area contributed by atoms with Crippen molar-refractivity contribution in [1.29, 1.82) is 0 Å². The molecule has 1 amide bonds. The van der Waals surface area contributed by atoms with Gasteiger partial charge in [-0.25, -0.2) is 4.98 Å². The van der Waals surface area contributed by atoms with Gasteiger partial charge in [0, 0.05) is 16.3 Å². The van der Waals surface area contributed by atoms with E-state index in [4.69, 9.17) is 11.6 Å². The van der Waals surface area contributed by atoms with E-state index in [1.54, 1.807) is 36.5 Å². The number of anilines is 3. The van der Waals surface area contributed by atoms with Gasteiger partial charge >= 0.3 is 0 Å². The van der Waals surface area contributed by atoms with E-state index in [1.807, 2.05) is 12.1 Å². The third-order valence-electron chi connectivity index (χ3n) is 3.89. The highest BCUT2D eigenvalue weighted by atomic mass is 35.5. The number of hydrogen-bond acceptors (Lipinski definition) is 3. The third-order valence-corrected chi connectivity index (χ3v) is 4.12. The lowest BCUT2D eigenvalue weighted by molar-refractivity contribution is 0.102. The molecule has 25 heavy (non-hydrogen) atoms. The zero-order chi connectivity index (χ0) is 17.8. The number of aryl methyl sites for hydroxylation is 2. The largest absolute Gasteiger partial charge is 0.340 e. The molecule has 0 aliphatic carbocycles. The number of nitrogens with zero attached hydrogens (tertiary/aromatic N) is 1. The van der Waals surface area contributed by atoms with E-state index in [1.165, 1.54) is 11.1 Å². The lowest BCUT2D eigenvalue weighted by atomic mass is 10.1. The standard InChI is InChI=1S/C20H18ClN3O/c1-13-6-7-17(10-14(13)2)23-19-9-8-18(12-22-19)24-20(25)15-4-3-5-16(21)11-15/h3-12H,1-2H3,(H,22,23)(H,24,25). The zero-order valence-corrected chi connectivity index (χ0v) is 14.8. The van der Waals surface area contributed by atoms with Gasteiger partial charge in [-0.2, -0.15) is 0 Å². The number of benzene rings is 2. The molecule has 0 bridgehead atoms. The second kappa shape index (κ2) is 7.36. The average molecular weight is 352 g/mol. The minimum Gasteiger partial charge on any atom is -0.340 e. The molecule has 0 atom stereocenters. The smallest absolute Gasteiger partial charge is 0.255 e. The number of aromatic nitrogens is 1. The molecule has 0 fully saturated rings. The monoisotopic (exact) mass is 351 g/mol. The van der Waals surface area contributed by atoms with Crippen LogP contribution in [0.25, 0.3) is 0 Å². The molecule has 3 rings (SSSR count). The van der Waals surface area contributed by atoms with Crippen LogP contribution in [0.15, 0.2) is 60.8 Å². The molecule has 5 heteroatoms. The molecular formula is C20H18ClN3O. The Morgan fingerprint density at radius 3 is 2.44 bits per heavy atom. The Bertz CT molecular complexity index is 907. The van der Waals surface area contributed by atoms with Crippen LogP contribution in [0.5, 0.6) is 0 Å². The number of nitrogens with one attached hydrogen (secondary N) is 2. The number of amides is 1. The first kappa shape index (κ1) is 17.0. The van der Waals surface area contributed by atoms with Crippen LogP contribution in [0.2, 0.25) is 5.02 Å². The summed E-state index contributed by atoms with van der Waals surface area (Å²) < 4.78 is 0. The predicted octanol–water partition coefficient (Wildman–Crippen LogP) is 5.35. The Morgan fingerprint density at radius 1 is 0.960 bits per heavy atom. The SMILES string of the molecule is Cc1ccc(Nc2ccc(NC(=O)c3cccc(Cl)c3)cn2)cc1C. The highest BCUT2D eigenvalue weighted by Gasteiger charge is 2.07. The Hall–Kier alpha value is -2.85. The van der Waals surface area contributed by atoms with Crippen LogP contribution >= 0.6 is 11.6 Å². The van der Waals surface area contributed by atoms with E-state index >= 15 is 0 Å². The first-order valence-electron chi connectivity index (χ1n) is 7.88. The third kappa shape index (κ3) is 4.37. The van der Waals surface area contributed by atoms with Gasteiger partial charge in [-0.15, -0.1) is 0 Å². The van der Waals surface area contributed by atoms with E-state index in [9.17, 15) is 4.79 Å². The Kier molecular flexibility index (Phi) is 5.00. The van der Waals surface area contributed by atoms with Gasteiger partial charge in [0.05, 0.1) is 11.9 Å². The van der Waals surface area contributed by atoms with Gasteiger partial charge in [0.1, 0.15) is 5.82 Å². The Balaban J connectivity index is 1.67. The topological polar surface area (TPSA) is 54.0 Å². The van der Waals surface area contributed by atoms with E-state index in [0.29, 0.717) is 22.1 Å². The number of carbonyl (C=O) groups is 1. The molecule has 126 valence electrons. The van der Waals surface area contributed by atoms with E-state index < -0.39 is 0 Å². The number of halogens is 1. The first-order chi connectivity index (χ1) is 12.0. The highest BCUT2D eigenvalue weighted by Crippen LogP contribution is 2.19. The fourth-order valence-electron chi connectivity index (χ4n) is 2.34. The van der Waals surface area contributed by atoms with Crippen molar-refractivity contribution < 1.29 is 4.79 Å². The molecule has 0 saturated carbocycles. The molecule has 2 aromatic carbocycles. The second-order valence-corrected chi connectivity index (χ2v) is 6.26. The van der Waals surface area contributed by atoms with Crippen LogP contribution in [0.1, 0.15) is 21.5 Å². The van der Waals surface area contributed by atoms with Crippen molar-refractivity contribution in [3.8, 4) is 0 Å². The maximum Gasteiger partial charge on any atom is 0.255 e. The van der Waals surface area contributed by atoms with Crippen LogP contribution in [-0.2, 0) is 0 Å². The lowest BCUT2D eigenvalue weighted by Gasteiger charge is -2.09. The van der Waals surface area contributed by atoms with Crippen LogP contribution < -0.4 is 10.6 Å². The number of rotatable bonds is 4. The lowest BCUT2D eigenvalue weighted by Crippen LogP contribution is -2.12. The van der Waals surface area contributed by atoms with Crippen LogP contribution in [0, 0.1) is 13.8 Å². The van der Waals surface area contributed by atoms with Gasteiger partial charge in [0.15, 0.2) is 0 Å². The highest BCUT2D eigenvalue weighted by molar-refractivity contribution is 6.31. The summed E-state index contributed by atoms with van der Waals surface area (Å²) in [6.07, 6.45) is 1.62. The molecule has 1 heterocycles. The summed E-state index contributed by atoms with van der Waals surface area (Å²) in [7, 11) is 0. The number of hydrogen-bond donors (Lipinski definition) is 2. The van der Waals surface area contributed by atoms with Crippen molar-refractivity contribution in [2.75, 3.05) is 10.6 Å². The van der Waals surface area contributed by atoms with Gasteiger partial charge < -0.3 is 10.6 Å². The fraction of sp³-hybridized carbons (Fsp3) is 0.100. The van der Waals surface area contributed by atoms with Crippen molar-refractivity contribution >= 4 is 34.7 Å². The first-order valence-corrected chi connectivity index (χ1v) is 8.26. The quantitative estimate of drug-likeness (QED) is 0.666. The molecule has 0 saturated heterocycles. The maximum absolute atomic E-state index is 12.2. The molecule has 4 nitrogen and oxygen atoms in total. The minimum absolute atomic E-state index is 0.223. The van der Waals surface area contributed by atoms with Gasteiger partial charge in [0.25, 0.3) is 5.91 Å². The summed E-state index contributed by atoms with van der Waals surface area (Å²) in [4.78, 5) is 16.5. The van der Waals surface area contributed by atoms with Crippen molar-refractivity contribution in [3.05, 3.63) is 82.5 Å². The molecular weight excluding hydrogens is 334 g/mol. The van der Waals surface area contributed by atoms with E-state index in [0.717, 1.165) is 5.69 Å². The molecule has 0 aliphatic heterocycles. The van der Waals surface area contributed by atoms with Crippen molar-refractivity contribution in [3.63, 3.8) is 0 Å². The molecule has 0 spiro atoms. The summed E-state index contributed by atoms with van der Waals surface area (Å²) in [5.41, 5.74) is 4.57. The minimum atomic E-state index is -0.223. The van der Waals surface area contributed by atoms with Crippen LogP contribution in [-0.4, -0.2) is 10.9 Å². The van der Waals surface area contributed by atoms with Gasteiger partial charge in [-0.05, 0) is 67.4 Å². The van der Waals surface area contributed by atoms with Gasteiger partial charge in [-0.3, -0.25) is 4.79 Å². The van der Waals surface area contributed by atoms with Crippen molar-refractivity contribution in [2.24, 2.45) is 0 Å². The average Bonchev–Trinajstić information content (AvgIpc) is 2.60. The van der Waals surface area contributed by atoms with E-state index in [-0.39, 0.29) is 5.91 Å². The maximum atomic E-state index is 12.2. The fourth-order valence-corrected chi connectivity index (χ4v) is 2.53. The summed E-state index contributed by atoms with van der Waals surface area (Å²) in [6, 6.07) is 16.6. The second-order valence-electron chi connectivity index (χ2n) is 5.82. The summed E-state index contributed by atoms with van der Waals surface area (Å²) >= 11 is 5.91. The van der Waals surface area contributed by atoms with Crippen LogP contribution in [0.3, 0.4) is 0 Å². The molecule has 0 aliphatic rings. The van der Waals surface area contributed by atoms with E-state index in [2.05, 4.69) is 41.6 Å². The molecule has 0 unspecified atom stereocenters. The Labute approximate surface area is 151 Å². The summed E-state index contributed by atoms with van der Waals surface area (Å²) in [6.45, 7) is 4.15. The van der Waals surface area contributed by atoms with Gasteiger partial charge in [-0.1, -0.05) is 23.7 Å². The number of carbonyl (C=O) groups excluding carboxylic acids is 1. The zero-order valence-electron chi connectivity index (χ0n) is 14.0. The van der Waals surface area contributed by atoms with Gasteiger partial charge in [0.2, 0.25) is 0 Å². The summed E-state index contributed by atoms with van der Waals surface area (Å²) in [5.74, 6) is 0.489. The number of pyridine rings is 1.